The number of halogens is 1. The van der Waals surface area contributed by atoms with Crippen molar-refractivity contribution in [3.63, 3.8) is 0 Å². The molecule has 1 heterocycles. The van der Waals surface area contributed by atoms with Gasteiger partial charge in [0.15, 0.2) is 0 Å². The van der Waals surface area contributed by atoms with Crippen LogP contribution in [0.2, 0.25) is 0 Å². The molecule has 0 saturated carbocycles. The molecule has 1 atom stereocenters. The molecule has 0 aliphatic carbocycles. The van der Waals surface area contributed by atoms with Crippen LogP contribution in [0.3, 0.4) is 0 Å². The van der Waals surface area contributed by atoms with Crippen molar-refractivity contribution < 1.29 is 4.42 Å². The van der Waals surface area contributed by atoms with Crippen LogP contribution >= 0.6 is 27.7 Å². The van der Waals surface area contributed by atoms with Crippen LogP contribution in [0.25, 0.3) is 10.9 Å². The minimum absolute atomic E-state index is 0.213. The largest absolute Gasteiger partial charge is 0.397 e. The maximum Gasteiger partial charge on any atom is 0.347 e. The lowest BCUT2D eigenvalue weighted by Crippen LogP contribution is -2.03. The lowest BCUT2D eigenvalue weighted by atomic mass is 10.1. The average Bonchev–Trinajstić information content (AvgIpc) is 2.55. The third kappa shape index (κ3) is 3.85. The Balaban J connectivity index is 1.94. The van der Waals surface area contributed by atoms with Gasteiger partial charge < -0.3 is 4.42 Å². The molecule has 0 aliphatic heterocycles. The molecule has 1 unspecified atom stereocenters. The van der Waals surface area contributed by atoms with E-state index in [1.807, 2.05) is 30.3 Å². The van der Waals surface area contributed by atoms with Crippen molar-refractivity contribution in [3.8, 4) is 0 Å². The zero-order valence-corrected chi connectivity index (χ0v) is 15.1. The van der Waals surface area contributed by atoms with Gasteiger partial charge in [-0.25, -0.2) is 9.78 Å². The third-order valence-electron chi connectivity index (χ3n) is 3.55. The molecule has 0 aliphatic rings. The molecule has 0 bridgehead atoms. The Morgan fingerprint density at radius 1 is 1.17 bits per heavy atom. The van der Waals surface area contributed by atoms with E-state index in [9.17, 15) is 4.79 Å². The number of hydrogen-bond acceptors (Lipinski definition) is 4. The van der Waals surface area contributed by atoms with Crippen molar-refractivity contribution >= 4 is 38.6 Å². The molecule has 118 valence electrons. The molecule has 0 amide bonds. The summed E-state index contributed by atoms with van der Waals surface area (Å²) in [7, 11) is 0. The van der Waals surface area contributed by atoms with Crippen molar-refractivity contribution in [2.45, 2.75) is 30.2 Å². The lowest BCUT2D eigenvalue weighted by Gasteiger charge is -2.15. The van der Waals surface area contributed by atoms with E-state index in [0.29, 0.717) is 16.1 Å². The summed E-state index contributed by atoms with van der Waals surface area (Å²) in [4.78, 5) is 16.6. The second kappa shape index (κ2) is 7.32. The number of fused-ring (bicyclic) bond motifs is 1. The highest BCUT2D eigenvalue weighted by Crippen LogP contribution is 2.38. The van der Waals surface area contributed by atoms with Crippen LogP contribution in [0.4, 0.5) is 0 Å². The molecule has 23 heavy (non-hydrogen) atoms. The second-order valence-electron chi connectivity index (χ2n) is 5.23. The number of thioether (sulfide) groups is 1. The molecule has 0 fully saturated rings. The molecular formula is C18H16BrNO2S. The maximum atomic E-state index is 12.1. The molecule has 3 nitrogen and oxygen atoms in total. The summed E-state index contributed by atoms with van der Waals surface area (Å²) in [5.74, 6) is 0. The Morgan fingerprint density at radius 2 is 1.91 bits per heavy atom. The Kier molecular flexibility index (Phi) is 5.18. The van der Waals surface area contributed by atoms with Crippen LogP contribution in [-0.2, 0) is 0 Å². The molecule has 3 rings (SSSR count). The first kappa shape index (κ1) is 16.3. The number of benzene rings is 2. The molecule has 0 spiro atoms. The quantitative estimate of drug-likeness (QED) is 0.533. The maximum absolute atomic E-state index is 12.1. The van der Waals surface area contributed by atoms with Gasteiger partial charge >= 0.3 is 5.63 Å². The van der Waals surface area contributed by atoms with Gasteiger partial charge in [-0.1, -0.05) is 65.3 Å². The van der Waals surface area contributed by atoms with Gasteiger partial charge in [-0.15, -0.1) is 0 Å². The topological polar surface area (TPSA) is 43.1 Å². The van der Waals surface area contributed by atoms with E-state index < -0.39 is 0 Å². The van der Waals surface area contributed by atoms with Crippen LogP contribution in [-0.4, -0.2) is 4.98 Å². The fourth-order valence-corrected chi connectivity index (χ4v) is 3.83. The predicted octanol–water partition coefficient (Wildman–Crippen LogP) is 5.58. The fraction of sp³-hybridized carbons (Fsp3) is 0.222. The van der Waals surface area contributed by atoms with E-state index in [1.165, 1.54) is 17.3 Å². The second-order valence-corrected chi connectivity index (χ2v) is 7.30. The van der Waals surface area contributed by atoms with Crippen LogP contribution in [0.15, 0.2) is 67.4 Å². The van der Waals surface area contributed by atoms with Crippen LogP contribution < -0.4 is 5.63 Å². The smallest absolute Gasteiger partial charge is 0.347 e. The Morgan fingerprint density at radius 3 is 2.65 bits per heavy atom. The highest BCUT2D eigenvalue weighted by atomic mass is 79.9. The van der Waals surface area contributed by atoms with E-state index in [0.717, 1.165) is 17.3 Å². The summed E-state index contributed by atoms with van der Waals surface area (Å²) < 4.78 is 6.45. The van der Waals surface area contributed by atoms with Crippen LogP contribution in [0, 0.1) is 0 Å². The zero-order valence-electron chi connectivity index (χ0n) is 12.7. The number of nitrogens with zero attached hydrogens (tertiary/aromatic N) is 1. The Hall–Kier alpha value is -1.59. The summed E-state index contributed by atoms with van der Waals surface area (Å²) in [5.41, 5.74) is 1.55. The average molecular weight is 390 g/mol. The molecule has 2 aromatic carbocycles. The van der Waals surface area contributed by atoms with Gasteiger partial charge in [0.05, 0.1) is 10.9 Å². The first-order valence-electron chi connectivity index (χ1n) is 7.49. The zero-order chi connectivity index (χ0) is 16.2. The van der Waals surface area contributed by atoms with Gasteiger partial charge in [-0.05, 0) is 36.2 Å². The standard InChI is InChI=1S/C18H16BrNO2S/c1-2-5-16(12-8-10-13(19)11-9-12)23-18-20-15-7-4-3-6-14(15)17(21)22-18/h3-4,6-11,16H,2,5H2,1H3. The Labute approximate surface area is 147 Å². The van der Waals surface area contributed by atoms with E-state index in [2.05, 4.69) is 40.0 Å². The normalized spacial score (nSPS) is 12.4. The molecule has 0 saturated heterocycles. The van der Waals surface area contributed by atoms with Gasteiger partial charge in [0.1, 0.15) is 0 Å². The lowest BCUT2D eigenvalue weighted by molar-refractivity contribution is 0.400. The van der Waals surface area contributed by atoms with Gasteiger partial charge in [-0.3, -0.25) is 0 Å². The summed E-state index contributed by atoms with van der Waals surface area (Å²) >= 11 is 4.97. The van der Waals surface area contributed by atoms with Gasteiger partial charge in [-0.2, -0.15) is 0 Å². The highest BCUT2D eigenvalue weighted by Gasteiger charge is 2.16. The first-order valence-corrected chi connectivity index (χ1v) is 9.16. The summed E-state index contributed by atoms with van der Waals surface area (Å²) in [5, 5.41) is 1.16. The van der Waals surface area contributed by atoms with Crippen LogP contribution in [0.1, 0.15) is 30.6 Å². The van der Waals surface area contributed by atoms with Gasteiger partial charge in [0.2, 0.25) is 0 Å². The molecule has 5 heteroatoms. The van der Waals surface area contributed by atoms with Crippen molar-refractivity contribution in [1.29, 1.82) is 0 Å². The monoisotopic (exact) mass is 389 g/mol. The third-order valence-corrected chi connectivity index (χ3v) is 5.25. The van der Waals surface area contributed by atoms with Gasteiger partial charge in [0, 0.05) is 9.72 Å². The fourth-order valence-electron chi connectivity index (χ4n) is 2.40. The van der Waals surface area contributed by atoms with E-state index in [1.54, 1.807) is 6.07 Å². The van der Waals surface area contributed by atoms with Crippen molar-refractivity contribution in [1.82, 2.24) is 4.98 Å². The molecule has 0 radical (unpaired) electrons. The van der Waals surface area contributed by atoms with E-state index in [-0.39, 0.29) is 10.9 Å². The minimum Gasteiger partial charge on any atom is -0.397 e. The summed E-state index contributed by atoms with van der Waals surface area (Å²) in [6.07, 6.45) is 2.04. The number of rotatable bonds is 5. The van der Waals surface area contributed by atoms with Crippen molar-refractivity contribution in [2.75, 3.05) is 0 Å². The van der Waals surface area contributed by atoms with Crippen LogP contribution in [0.5, 0.6) is 0 Å². The predicted molar refractivity (Wildman–Crippen MR) is 97.9 cm³/mol. The SMILES string of the molecule is CCCC(Sc1nc2ccccc2c(=O)o1)c1ccc(Br)cc1. The van der Waals surface area contributed by atoms with E-state index in [4.69, 9.17) is 4.42 Å². The number of aromatic nitrogens is 1. The molecular weight excluding hydrogens is 374 g/mol. The van der Waals surface area contributed by atoms with E-state index >= 15 is 0 Å². The Bertz CT molecular complexity index is 861. The molecule has 1 aromatic heterocycles. The highest BCUT2D eigenvalue weighted by molar-refractivity contribution is 9.10. The van der Waals surface area contributed by atoms with Gasteiger partial charge in [0.25, 0.3) is 5.22 Å². The van der Waals surface area contributed by atoms with Crippen molar-refractivity contribution in [2.24, 2.45) is 0 Å². The first-order chi connectivity index (χ1) is 11.2. The van der Waals surface area contributed by atoms with Crippen molar-refractivity contribution in [3.05, 3.63) is 69.0 Å². The molecule has 0 N–H and O–H groups in total. The number of para-hydroxylation sites is 1. The summed E-state index contributed by atoms with van der Waals surface area (Å²) in [6.45, 7) is 2.15. The number of hydrogen-bond donors (Lipinski definition) is 0. The summed E-state index contributed by atoms with van der Waals surface area (Å²) in [6, 6.07) is 15.5. The molecule has 3 aromatic rings. The minimum atomic E-state index is -0.329.